The average molecular weight is 272 g/mol. The second kappa shape index (κ2) is 11.3. The Balaban J connectivity index is 3.30. The SMILES string of the molecule is CCCCCCOCCCCOC(=O)C(C)(C)CC. The summed E-state index contributed by atoms with van der Waals surface area (Å²) in [5, 5.41) is 0. The molecule has 0 spiro atoms. The lowest BCUT2D eigenvalue weighted by Crippen LogP contribution is -2.26. The minimum absolute atomic E-state index is 0.0875. The van der Waals surface area contributed by atoms with Gasteiger partial charge in [0.2, 0.25) is 0 Å². The number of ether oxygens (including phenoxy) is 2. The highest BCUT2D eigenvalue weighted by atomic mass is 16.5. The fourth-order valence-corrected chi connectivity index (χ4v) is 1.54. The third-order valence-corrected chi connectivity index (χ3v) is 3.49. The maximum atomic E-state index is 11.7. The Hall–Kier alpha value is -0.570. The maximum absolute atomic E-state index is 11.7. The van der Waals surface area contributed by atoms with Crippen molar-refractivity contribution < 1.29 is 14.3 Å². The molecule has 0 atom stereocenters. The van der Waals surface area contributed by atoms with Gasteiger partial charge in [0.25, 0.3) is 0 Å². The smallest absolute Gasteiger partial charge is 0.311 e. The molecule has 0 bridgehead atoms. The second-order valence-corrected chi connectivity index (χ2v) is 5.75. The van der Waals surface area contributed by atoms with Crippen LogP contribution in [0.5, 0.6) is 0 Å². The number of esters is 1. The molecule has 0 heterocycles. The standard InChI is InChI=1S/C16H32O3/c1-5-7-8-9-12-18-13-10-11-14-19-15(17)16(3,4)6-2/h5-14H2,1-4H3. The first-order valence-electron chi connectivity index (χ1n) is 7.79. The Morgan fingerprint density at radius 2 is 1.47 bits per heavy atom. The first kappa shape index (κ1) is 18.4. The molecule has 0 radical (unpaired) electrons. The Morgan fingerprint density at radius 1 is 0.895 bits per heavy atom. The number of carbonyl (C=O) groups is 1. The van der Waals surface area contributed by atoms with Gasteiger partial charge in [0.15, 0.2) is 0 Å². The van der Waals surface area contributed by atoms with Gasteiger partial charge in [-0.05, 0) is 39.5 Å². The van der Waals surface area contributed by atoms with Crippen LogP contribution in [0.2, 0.25) is 0 Å². The lowest BCUT2D eigenvalue weighted by atomic mass is 9.91. The van der Waals surface area contributed by atoms with Crippen molar-refractivity contribution in [2.75, 3.05) is 19.8 Å². The molecule has 0 aliphatic heterocycles. The van der Waals surface area contributed by atoms with E-state index in [0.717, 1.165) is 38.9 Å². The van der Waals surface area contributed by atoms with Crippen LogP contribution < -0.4 is 0 Å². The largest absolute Gasteiger partial charge is 0.465 e. The molecule has 0 saturated carbocycles. The van der Waals surface area contributed by atoms with Crippen LogP contribution in [-0.2, 0) is 14.3 Å². The number of rotatable bonds is 12. The van der Waals surface area contributed by atoms with E-state index in [1.807, 2.05) is 20.8 Å². The van der Waals surface area contributed by atoms with Gasteiger partial charge in [0.1, 0.15) is 0 Å². The molecule has 0 aliphatic carbocycles. The molecule has 0 aromatic rings. The van der Waals surface area contributed by atoms with Crippen LogP contribution in [0.3, 0.4) is 0 Å². The molecule has 0 fully saturated rings. The van der Waals surface area contributed by atoms with Gasteiger partial charge in [-0.3, -0.25) is 4.79 Å². The molecule has 0 amide bonds. The zero-order valence-corrected chi connectivity index (χ0v) is 13.3. The van der Waals surface area contributed by atoms with Crippen molar-refractivity contribution in [3.05, 3.63) is 0 Å². The summed E-state index contributed by atoms with van der Waals surface area (Å²) < 4.78 is 10.8. The number of carbonyl (C=O) groups excluding carboxylic acids is 1. The molecule has 3 heteroatoms. The van der Waals surface area contributed by atoms with Crippen LogP contribution in [-0.4, -0.2) is 25.8 Å². The predicted octanol–water partition coefficient (Wildman–Crippen LogP) is 4.34. The van der Waals surface area contributed by atoms with Crippen LogP contribution in [0.25, 0.3) is 0 Å². The normalized spacial score (nSPS) is 11.6. The quantitative estimate of drug-likeness (QED) is 0.391. The number of hydrogen-bond acceptors (Lipinski definition) is 3. The molecule has 0 aromatic heterocycles. The van der Waals surface area contributed by atoms with Crippen LogP contribution in [0.1, 0.15) is 72.6 Å². The van der Waals surface area contributed by atoms with E-state index in [0.29, 0.717) is 6.61 Å². The van der Waals surface area contributed by atoms with Gasteiger partial charge in [-0.25, -0.2) is 0 Å². The first-order chi connectivity index (χ1) is 9.04. The first-order valence-corrected chi connectivity index (χ1v) is 7.79. The molecule has 0 N–H and O–H groups in total. The molecule has 114 valence electrons. The Morgan fingerprint density at radius 3 is 2.05 bits per heavy atom. The van der Waals surface area contributed by atoms with E-state index < -0.39 is 0 Å². The molecule has 0 saturated heterocycles. The molecular formula is C16H32O3. The topological polar surface area (TPSA) is 35.5 Å². The van der Waals surface area contributed by atoms with Crippen molar-refractivity contribution in [2.45, 2.75) is 72.6 Å². The summed E-state index contributed by atoms with van der Waals surface area (Å²) in [6.45, 7) is 10.2. The highest BCUT2D eigenvalue weighted by molar-refractivity contribution is 5.75. The highest BCUT2D eigenvalue weighted by Crippen LogP contribution is 2.21. The predicted molar refractivity (Wildman–Crippen MR) is 79.2 cm³/mol. The summed E-state index contributed by atoms with van der Waals surface area (Å²) in [4.78, 5) is 11.7. The third kappa shape index (κ3) is 9.94. The van der Waals surface area contributed by atoms with Crippen molar-refractivity contribution in [2.24, 2.45) is 5.41 Å². The van der Waals surface area contributed by atoms with Crippen LogP contribution in [0.15, 0.2) is 0 Å². The summed E-state index contributed by atoms with van der Waals surface area (Å²) in [5.41, 5.74) is -0.351. The molecule has 0 aromatic carbocycles. The van der Waals surface area contributed by atoms with Crippen LogP contribution in [0, 0.1) is 5.41 Å². The monoisotopic (exact) mass is 272 g/mol. The molecule has 0 unspecified atom stereocenters. The van der Waals surface area contributed by atoms with Crippen molar-refractivity contribution >= 4 is 5.97 Å². The fourth-order valence-electron chi connectivity index (χ4n) is 1.54. The molecule has 3 nitrogen and oxygen atoms in total. The number of hydrogen-bond donors (Lipinski definition) is 0. The van der Waals surface area contributed by atoms with Gasteiger partial charge in [0, 0.05) is 13.2 Å². The Kier molecular flexibility index (Phi) is 10.9. The van der Waals surface area contributed by atoms with Crippen molar-refractivity contribution in [3.63, 3.8) is 0 Å². The highest BCUT2D eigenvalue weighted by Gasteiger charge is 2.26. The van der Waals surface area contributed by atoms with Gasteiger partial charge >= 0.3 is 5.97 Å². The van der Waals surface area contributed by atoms with E-state index in [2.05, 4.69) is 6.92 Å². The van der Waals surface area contributed by atoms with Crippen molar-refractivity contribution in [1.29, 1.82) is 0 Å². The van der Waals surface area contributed by atoms with Gasteiger partial charge < -0.3 is 9.47 Å². The van der Waals surface area contributed by atoms with E-state index >= 15 is 0 Å². The van der Waals surface area contributed by atoms with E-state index in [9.17, 15) is 4.79 Å². The van der Waals surface area contributed by atoms with Crippen molar-refractivity contribution in [1.82, 2.24) is 0 Å². The zero-order valence-electron chi connectivity index (χ0n) is 13.3. The number of unbranched alkanes of at least 4 members (excludes halogenated alkanes) is 4. The second-order valence-electron chi connectivity index (χ2n) is 5.75. The zero-order chi connectivity index (χ0) is 14.6. The lowest BCUT2D eigenvalue weighted by Gasteiger charge is -2.20. The van der Waals surface area contributed by atoms with Crippen LogP contribution >= 0.6 is 0 Å². The molecular weight excluding hydrogens is 240 g/mol. The van der Waals surface area contributed by atoms with Gasteiger partial charge in [-0.1, -0.05) is 33.1 Å². The van der Waals surface area contributed by atoms with E-state index in [1.54, 1.807) is 0 Å². The minimum atomic E-state index is -0.351. The van der Waals surface area contributed by atoms with Gasteiger partial charge in [-0.2, -0.15) is 0 Å². The Labute approximate surface area is 119 Å². The third-order valence-electron chi connectivity index (χ3n) is 3.49. The summed E-state index contributed by atoms with van der Waals surface area (Å²) in [6.07, 6.45) is 7.65. The summed E-state index contributed by atoms with van der Waals surface area (Å²) in [7, 11) is 0. The lowest BCUT2D eigenvalue weighted by molar-refractivity contribution is -0.154. The average Bonchev–Trinajstić information content (AvgIpc) is 2.40. The summed E-state index contributed by atoms with van der Waals surface area (Å²) >= 11 is 0. The van der Waals surface area contributed by atoms with Gasteiger partial charge in [0.05, 0.1) is 12.0 Å². The van der Waals surface area contributed by atoms with Gasteiger partial charge in [-0.15, -0.1) is 0 Å². The maximum Gasteiger partial charge on any atom is 0.311 e. The van der Waals surface area contributed by atoms with Crippen LogP contribution in [0.4, 0.5) is 0 Å². The summed E-state index contributed by atoms with van der Waals surface area (Å²) in [5.74, 6) is -0.0875. The fraction of sp³-hybridized carbons (Fsp3) is 0.938. The molecule has 0 rings (SSSR count). The molecule has 19 heavy (non-hydrogen) atoms. The Bertz CT molecular complexity index is 224. The minimum Gasteiger partial charge on any atom is -0.465 e. The van der Waals surface area contributed by atoms with Crippen molar-refractivity contribution in [3.8, 4) is 0 Å². The summed E-state index contributed by atoms with van der Waals surface area (Å²) in [6, 6.07) is 0. The molecule has 0 aliphatic rings. The van der Waals surface area contributed by atoms with E-state index in [-0.39, 0.29) is 11.4 Å². The van der Waals surface area contributed by atoms with E-state index in [1.165, 1.54) is 19.3 Å². The van der Waals surface area contributed by atoms with E-state index in [4.69, 9.17) is 9.47 Å².